The van der Waals surface area contributed by atoms with E-state index in [1.807, 2.05) is 24.3 Å². The lowest BCUT2D eigenvalue weighted by Gasteiger charge is -2.08. The number of unbranched alkanes of at least 4 members (excludes halogenated alkanes) is 1. The molecule has 0 aliphatic carbocycles. The van der Waals surface area contributed by atoms with Gasteiger partial charge in [0.25, 0.3) is 0 Å². The minimum Gasteiger partial charge on any atom is -0.493 e. The predicted molar refractivity (Wildman–Crippen MR) is 98.6 cm³/mol. The number of carbonyl (C=O) groups excluding carboxylic acids is 1. The molecule has 1 amide bonds. The lowest BCUT2D eigenvalue weighted by atomic mass is 10.2. The molecule has 0 saturated heterocycles. The molecular formula is C19H19BrFNO2. The fourth-order valence-corrected chi connectivity index (χ4v) is 2.34. The number of benzene rings is 2. The number of para-hydroxylation sites is 1. The number of amides is 1. The van der Waals surface area contributed by atoms with E-state index < -0.39 is 11.7 Å². The smallest absolute Gasteiger partial charge is 0.248 e. The molecule has 0 fully saturated rings. The van der Waals surface area contributed by atoms with Crippen LogP contribution in [-0.4, -0.2) is 12.5 Å². The van der Waals surface area contributed by atoms with Crippen LogP contribution in [0.2, 0.25) is 0 Å². The molecule has 0 aliphatic heterocycles. The molecule has 2 aromatic carbocycles. The largest absolute Gasteiger partial charge is 0.493 e. The topological polar surface area (TPSA) is 38.3 Å². The fourth-order valence-electron chi connectivity index (χ4n) is 2.01. The number of anilines is 1. The number of rotatable bonds is 7. The Labute approximate surface area is 149 Å². The first-order valence-electron chi connectivity index (χ1n) is 7.76. The molecule has 0 aromatic heterocycles. The fraction of sp³-hybridized carbons (Fsp3) is 0.211. The molecule has 0 aliphatic rings. The molecule has 2 aromatic rings. The lowest BCUT2D eigenvalue weighted by molar-refractivity contribution is -0.111. The van der Waals surface area contributed by atoms with Crippen LogP contribution in [0.15, 0.2) is 53.0 Å². The van der Waals surface area contributed by atoms with Crippen LogP contribution in [0.1, 0.15) is 25.3 Å². The summed E-state index contributed by atoms with van der Waals surface area (Å²) in [6.07, 6.45) is 5.05. The van der Waals surface area contributed by atoms with Gasteiger partial charge in [-0.25, -0.2) is 4.39 Å². The first kappa shape index (κ1) is 18.2. The van der Waals surface area contributed by atoms with E-state index in [0.29, 0.717) is 11.1 Å². The second-order valence-corrected chi connectivity index (χ2v) is 6.10. The standard InChI is InChI=1S/C19H19BrFNO2/c1-2-3-12-24-18-7-5-4-6-14(18)8-11-19(23)22-17-10-9-15(20)13-16(17)21/h4-11,13H,2-3,12H2,1H3,(H,22,23)/b11-8+. The van der Waals surface area contributed by atoms with Gasteiger partial charge < -0.3 is 10.1 Å². The second-order valence-electron chi connectivity index (χ2n) is 5.19. The number of hydrogen-bond acceptors (Lipinski definition) is 2. The molecule has 5 heteroatoms. The first-order valence-corrected chi connectivity index (χ1v) is 8.55. The van der Waals surface area contributed by atoms with Gasteiger partial charge in [-0.3, -0.25) is 4.79 Å². The van der Waals surface area contributed by atoms with Crippen molar-refractivity contribution in [2.75, 3.05) is 11.9 Å². The number of carbonyl (C=O) groups is 1. The zero-order valence-electron chi connectivity index (χ0n) is 13.4. The third kappa shape index (κ3) is 5.49. The summed E-state index contributed by atoms with van der Waals surface area (Å²) in [5, 5.41) is 2.52. The van der Waals surface area contributed by atoms with Crippen molar-refractivity contribution < 1.29 is 13.9 Å². The van der Waals surface area contributed by atoms with Crippen molar-refractivity contribution in [3.05, 3.63) is 64.4 Å². The first-order chi connectivity index (χ1) is 11.6. The van der Waals surface area contributed by atoms with Gasteiger partial charge in [0, 0.05) is 16.1 Å². The summed E-state index contributed by atoms with van der Waals surface area (Å²) in [4.78, 5) is 12.0. The van der Waals surface area contributed by atoms with Crippen molar-refractivity contribution in [3.63, 3.8) is 0 Å². The third-order valence-corrected chi connectivity index (χ3v) is 3.77. The molecule has 0 atom stereocenters. The summed E-state index contributed by atoms with van der Waals surface area (Å²) >= 11 is 3.18. The number of halogens is 2. The molecule has 0 saturated carbocycles. The van der Waals surface area contributed by atoms with E-state index in [9.17, 15) is 9.18 Å². The lowest BCUT2D eigenvalue weighted by Crippen LogP contribution is -2.09. The summed E-state index contributed by atoms with van der Waals surface area (Å²) in [5.74, 6) is -0.168. The SMILES string of the molecule is CCCCOc1ccccc1/C=C/C(=O)Nc1ccc(Br)cc1F. The zero-order valence-corrected chi connectivity index (χ0v) is 15.0. The molecule has 0 unspecified atom stereocenters. The van der Waals surface area contributed by atoms with Gasteiger partial charge in [0.2, 0.25) is 5.91 Å². The summed E-state index contributed by atoms with van der Waals surface area (Å²) in [6, 6.07) is 12.0. The molecule has 0 radical (unpaired) electrons. The van der Waals surface area contributed by atoms with Gasteiger partial charge in [0.1, 0.15) is 11.6 Å². The van der Waals surface area contributed by atoms with E-state index in [0.717, 1.165) is 24.2 Å². The summed E-state index contributed by atoms with van der Waals surface area (Å²) in [6.45, 7) is 2.73. The van der Waals surface area contributed by atoms with E-state index in [2.05, 4.69) is 28.2 Å². The van der Waals surface area contributed by atoms with Crippen LogP contribution in [0, 0.1) is 5.82 Å². The van der Waals surface area contributed by atoms with Gasteiger partial charge in [-0.15, -0.1) is 0 Å². The van der Waals surface area contributed by atoms with Gasteiger partial charge in [-0.05, 0) is 36.8 Å². The van der Waals surface area contributed by atoms with Gasteiger partial charge in [-0.2, -0.15) is 0 Å². The van der Waals surface area contributed by atoms with Crippen LogP contribution in [-0.2, 0) is 4.79 Å². The molecule has 24 heavy (non-hydrogen) atoms. The maximum Gasteiger partial charge on any atom is 0.248 e. The maximum atomic E-state index is 13.7. The highest BCUT2D eigenvalue weighted by atomic mass is 79.9. The van der Waals surface area contributed by atoms with Gasteiger partial charge in [0.05, 0.1) is 12.3 Å². The number of nitrogens with one attached hydrogen (secondary N) is 1. The van der Waals surface area contributed by atoms with Crippen LogP contribution in [0.4, 0.5) is 10.1 Å². The Morgan fingerprint density at radius 3 is 2.83 bits per heavy atom. The Balaban J connectivity index is 2.03. The van der Waals surface area contributed by atoms with Crippen LogP contribution in [0.5, 0.6) is 5.75 Å². The Hall–Kier alpha value is -2.14. The highest BCUT2D eigenvalue weighted by Crippen LogP contribution is 2.21. The van der Waals surface area contributed by atoms with Crippen LogP contribution >= 0.6 is 15.9 Å². The van der Waals surface area contributed by atoms with Crippen molar-refractivity contribution in [1.82, 2.24) is 0 Å². The minimum absolute atomic E-state index is 0.139. The van der Waals surface area contributed by atoms with Crippen molar-refractivity contribution in [1.29, 1.82) is 0 Å². The summed E-state index contributed by atoms with van der Waals surface area (Å²) in [7, 11) is 0. The average Bonchev–Trinajstić information content (AvgIpc) is 2.57. The summed E-state index contributed by atoms with van der Waals surface area (Å²) < 4.78 is 20.1. The Kier molecular flexibility index (Phi) is 7.00. The van der Waals surface area contributed by atoms with Crippen molar-refractivity contribution >= 4 is 33.6 Å². The molecule has 2 rings (SSSR count). The van der Waals surface area contributed by atoms with E-state index in [1.165, 1.54) is 18.2 Å². The van der Waals surface area contributed by atoms with Crippen LogP contribution < -0.4 is 10.1 Å². The Morgan fingerprint density at radius 1 is 1.29 bits per heavy atom. The predicted octanol–water partition coefficient (Wildman–Crippen LogP) is 5.42. The normalized spacial score (nSPS) is 10.8. The van der Waals surface area contributed by atoms with E-state index >= 15 is 0 Å². The van der Waals surface area contributed by atoms with Gasteiger partial charge in [0.15, 0.2) is 0 Å². The van der Waals surface area contributed by atoms with Crippen LogP contribution in [0.3, 0.4) is 0 Å². The van der Waals surface area contributed by atoms with E-state index in [1.54, 1.807) is 12.1 Å². The van der Waals surface area contributed by atoms with E-state index in [4.69, 9.17) is 4.74 Å². The monoisotopic (exact) mass is 391 g/mol. The van der Waals surface area contributed by atoms with Gasteiger partial charge in [-0.1, -0.05) is 47.5 Å². The second kappa shape index (κ2) is 9.23. The third-order valence-electron chi connectivity index (χ3n) is 3.28. The minimum atomic E-state index is -0.491. The molecule has 1 N–H and O–H groups in total. The zero-order chi connectivity index (χ0) is 17.4. The molecule has 0 spiro atoms. The highest BCUT2D eigenvalue weighted by Gasteiger charge is 2.06. The van der Waals surface area contributed by atoms with Crippen molar-refractivity contribution in [2.24, 2.45) is 0 Å². The molecule has 126 valence electrons. The Bertz CT molecular complexity index is 731. The summed E-state index contributed by atoms with van der Waals surface area (Å²) in [5.41, 5.74) is 0.945. The number of hydrogen-bond donors (Lipinski definition) is 1. The Morgan fingerprint density at radius 2 is 2.08 bits per heavy atom. The van der Waals surface area contributed by atoms with Crippen LogP contribution in [0.25, 0.3) is 6.08 Å². The molecular weight excluding hydrogens is 373 g/mol. The van der Waals surface area contributed by atoms with Crippen molar-refractivity contribution in [2.45, 2.75) is 19.8 Å². The van der Waals surface area contributed by atoms with Gasteiger partial charge >= 0.3 is 0 Å². The van der Waals surface area contributed by atoms with Crippen molar-refractivity contribution in [3.8, 4) is 5.75 Å². The molecule has 3 nitrogen and oxygen atoms in total. The number of ether oxygens (including phenoxy) is 1. The average molecular weight is 392 g/mol. The molecule has 0 heterocycles. The molecule has 0 bridgehead atoms. The maximum absolute atomic E-state index is 13.7. The van der Waals surface area contributed by atoms with E-state index in [-0.39, 0.29) is 5.69 Å². The highest BCUT2D eigenvalue weighted by molar-refractivity contribution is 9.10. The quantitative estimate of drug-likeness (QED) is 0.505.